The van der Waals surface area contributed by atoms with Crippen molar-refractivity contribution in [3.8, 4) is 5.88 Å². The lowest BCUT2D eigenvalue weighted by atomic mass is 9.81. The van der Waals surface area contributed by atoms with E-state index in [2.05, 4.69) is 30.4 Å². The molecule has 3 aromatic heterocycles. The SMILES string of the molecule is O=C(CCC(F)(F)F)NC(c1cnn2cc([C@@H](NC(=O)c3ccnc(OC(F)F)c3)C3CCC(F)(F)CC3)nc2c1)C1CC1. The smallest absolute Gasteiger partial charge is 0.389 e. The number of rotatable bonds is 11. The number of aromatic nitrogens is 4. The Balaban J connectivity index is 1.39. The summed E-state index contributed by atoms with van der Waals surface area (Å²) in [5, 5.41) is 9.82. The summed E-state index contributed by atoms with van der Waals surface area (Å²) < 4.78 is 96.8. The van der Waals surface area contributed by atoms with Crippen LogP contribution in [0.3, 0.4) is 0 Å². The molecule has 2 aliphatic rings. The molecular weight excluding hydrogens is 601 g/mol. The molecule has 2 N–H and O–H groups in total. The summed E-state index contributed by atoms with van der Waals surface area (Å²) in [5.74, 6) is -5.14. The predicted molar refractivity (Wildman–Crippen MR) is 140 cm³/mol. The fourth-order valence-corrected chi connectivity index (χ4v) is 5.39. The number of nitrogens with one attached hydrogen (secondary N) is 2. The van der Waals surface area contributed by atoms with Gasteiger partial charge in [-0.1, -0.05) is 0 Å². The molecular formula is C28H29F7N6O3. The first-order valence-corrected chi connectivity index (χ1v) is 14.1. The first-order valence-electron chi connectivity index (χ1n) is 14.1. The van der Waals surface area contributed by atoms with Gasteiger partial charge in [0.05, 0.1) is 36.6 Å². The van der Waals surface area contributed by atoms with E-state index >= 15 is 0 Å². The molecule has 0 spiro atoms. The van der Waals surface area contributed by atoms with Crippen molar-refractivity contribution in [1.82, 2.24) is 30.2 Å². The molecule has 0 saturated heterocycles. The van der Waals surface area contributed by atoms with Crippen molar-refractivity contribution >= 4 is 17.5 Å². The Hall–Kier alpha value is -3.98. The van der Waals surface area contributed by atoms with Gasteiger partial charge in [0.1, 0.15) is 0 Å². The van der Waals surface area contributed by atoms with Gasteiger partial charge in [0.25, 0.3) is 5.91 Å². The number of hydrogen-bond acceptors (Lipinski definition) is 6. The van der Waals surface area contributed by atoms with Crippen LogP contribution in [0.15, 0.2) is 36.8 Å². The van der Waals surface area contributed by atoms with Gasteiger partial charge in [0.15, 0.2) is 5.65 Å². The van der Waals surface area contributed by atoms with Gasteiger partial charge >= 0.3 is 12.8 Å². The van der Waals surface area contributed by atoms with E-state index in [0.29, 0.717) is 16.9 Å². The largest absolute Gasteiger partial charge is 0.417 e. The Morgan fingerprint density at radius 1 is 1.05 bits per heavy atom. The Kier molecular flexibility index (Phi) is 8.97. The zero-order valence-electron chi connectivity index (χ0n) is 23.2. The highest BCUT2D eigenvalue weighted by Gasteiger charge is 2.40. The molecule has 2 amide bonds. The van der Waals surface area contributed by atoms with Crippen LogP contribution in [0.1, 0.15) is 85.1 Å². The summed E-state index contributed by atoms with van der Waals surface area (Å²) in [6.07, 6.45) is -1.36. The Morgan fingerprint density at radius 3 is 2.41 bits per heavy atom. The molecule has 16 heteroatoms. The van der Waals surface area contributed by atoms with Crippen LogP contribution in [0, 0.1) is 11.8 Å². The molecule has 44 heavy (non-hydrogen) atoms. The third-order valence-corrected chi connectivity index (χ3v) is 7.81. The Bertz CT molecular complexity index is 1480. The summed E-state index contributed by atoms with van der Waals surface area (Å²) >= 11 is 0. The van der Waals surface area contributed by atoms with Crippen LogP contribution < -0.4 is 15.4 Å². The minimum absolute atomic E-state index is 0.0266. The monoisotopic (exact) mass is 630 g/mol. The molecule has 0 aromatic carbocycles. The second-order valence-electron chi connectivity index (χ2n) is 11.2. The number of nitrogens with zero attached hydrogens (tertiary/aromatic N) is 4. The number of carbonyl (C=O) groups is 2. The normalized spacial score (nSPS) is 18.6. The first kappa shape index (κ1) is 31.4. The standard InChI is InChI=1S/C28H29F7N6O3/c29-26(30)44-22-12-17(6-10-36-22)25(43)40-24(16-3-7-27(31,32)8-4-16)19-14-41-20(38-19)11-18(13-37-41)23(15-1-2-15)39-21(42)5-9-28(33,34)35/h6,10-16,23-24,26H,1-5,7-9H2,(H,39,42)(H,40,43)/t23?,24-/m0/s1. The molecule has 238 valence electrons. The topological polar surface area (TPSA) is 111 Å². The van der Waals surface area contributed by atoms with Crippen molar-refractivity contribution in [3.63, 3.8) is 0 Å². The maximum absolute atomic E-state index is 14.0. The molecule has 3 aromatic rings. The average Bonchev–Trinajstić information content (AvgIpc) is 3.71. The molecule has 5 rings (SSSR count). The predicted octanol–water partition coefficient (Wildman–Crippen LogP) is 5.93. The lowest BCUT2D eigenvalue weighted by Crippen LogP contribution is -2.37. The van der Waals surface area contributed by atoms with Crippen molar-refractivity contribution in [1.29, 1.82) is 0 Å². The highest BCUT2D eigenvalue weighted by atomic mass is 19.4. The van der Waals surface area contributed by atoms with Crippen molar-refractivity contribution in [2.45, 2.75) is 82.2 Å². The van der Waals surface area contributed by atoms with E-state index in [1.165, 1.54) is 23.0 Å². The lowest BCUT2D eigenvalue weighted by molar-refractivity contribution is -0.144. The summed E-state index contributed by atoms with van der Waals surface area (Å²) in [7, 11) is 0. The van der Waals surface area contributed by atoms with E-state index < -0.39 is 80.1 Å². The molecule has 0 bridgehead atoms. The third kappa shape index (κ3) is 8.14. The molecule has 2 atom stereocenters. The number of imidazole rings is 1. The summed E-state index contributed by atoms with van der Waals surface area (Å²) in [5.41, 5.74) is 1.12. The molecule has 0 radical (unpaired) electrons. The van der Waals surface area contributed by atoms with Gasteiger partial charge in [0.2, 0.25) is 17.7 Å². The summed E-state index contributed by atoms with van der Waals surface area (Å²) in [6, 6.07) is 2.54. The molecule has 2 fully saturated rings. The van der Waals surface area contributed by atoms with Gasteiger partial charge in [-0.05, 0) is 55.2 Å². The van der Waals surface area contributed by atoms with Crippen LogP contribution in [-0.4, -0.2) is 50.1 Å². The van der Waals surface area contributed by atoms with E-state index in [1.807, 2.05) is 0 Å². The van der Waals surface area contributed by atoms with E-state index in [4.69, 9.17) is 0 Å². The highest BCUT2D eigenvalue weighted by molar-refractivity contribution is 5.94. The second-order valence-corrected chi connectivity index (χ2v) is 11.2. The summed E-state index contributed by atoms with van der Waals surface area (Å²) in [4.78, 5) is 33.7. The second kappa shape index (κ2) is 12.6. The molecule has 2 saturated carbocycles. The minimum atomic E-state index is -4.46. The number of amides is 2. The van der Waals surface area contributed by atoms with E-state index in [9.17, 15) is 40.3 Å². The van der Waals surface area contributed by atoms with Crippen molar-refractivity contribution in [2.75, 3.05) is 0 Å². The van der Waals surface area contributed by atoms with Gasteiger partial charge in [-0.25, -0.2) is 23.3 Å². The maximum atomic E-state index is 14.0. The van der Waals surface area contributed by atoms with Crippen molar-refractivity contribution in [2.24, 2.45) is 11.8 Å². The fraction of sp³-hybridized carbons (Fsp3) is 0.536. The average molecular weight is 631 g/mol. The molecule has 2 aliphatic carbocycles. The van der Waals surface area contributed by atoms with Gasteiger partial charge in [-0.3, -0.25) is 9.59 Å². The van der Waals surface area contributed by atoms with Crippen LogP contribution in [-0.2, 0) is 4.79 Å². The highest BCUT2D eigenvalue weighted by Crippen LogP contribution is 2.43. The maximum Gasteiger partial charge on any atom is 0.389 e. The number of carbonyl (C=O) groups excluding carboxylic acids is 2. The zero-order valence-corrected chi connectivity index (χ0v) is 23.2. The number of hydrogen-bond donors (Lipinski definition) is 2. The quantitative estimate of drug-likeness (QED) is 0.254. The van der Waals surface area contributed by atoms with E-state index in [0.717, 1.165) is 25.1 Å². The number of alkyl halides is 7. The van der Waals surface area contributed by atoms with Gasteiger partial charge in [-0.2, -0.15) is 27.1 Å². The third-order valence-electron chi connectivity index (χ3n) is 7.81. The zero-order chi connectivity index (χ0) is 31.6. The number of pyridine rings is 1. The van der Waals surface area contributed by atoms with Crippen LogP contribution in [0.4, 0.5) is 30.7 Å². The summed E-state index contributed by atoms with van der Waals surface area (Å²) in [6.45, 7) is -3.15. The number of halogens is 7. The van der Waals surface area contributed by atoms with Crippen LogP contribution in [0.2, 0.25) is 0 Å². The van der Waals surface area contributed by atoms with Crippen LogP contribution in [0.25, 0.3) is 5.65 Å². The molecule has 3 heterocycles. The Labute approximate surface area is 246 Å². The number of fused-ring (bicyclic) bond motifs is 1. The Morgan fingerprint density at radius 2 is 1.75 bits per heavy atom. The molecule has 0 aliphatic heterocycles. The van der Waals surface area contributed by atoms with Crippen LogP contribution in [0.5, 0.6) is 5.88 Å². The fourth-order valence-electron chi connectivity index (χ4n) is 5.39. The van der Waals surface area contributed by atoms with Gasteiger partial charge < -0.3 is 15.4 Å². The van der Waals surface area contributed by atoms with Crippen molar-refractivity contribution in [3.05, 3.63) is 53.6 Å². The lowest BCUT2D eigenvalue weighted by Gasteiger charge is -2.33. The van der Waals surface area contributed by atoms with Gasteiger partial charge in [-0.15, -0.1) is 0 Å². The first-order chi connectivity index (χ1) is 20.8. The number of ether oxygens (including phenoxy) is 1. The van der Waals surface area contributed by atoms with Gasteiger partial charge in [0, 0.05) is 37.1 Å². The minimum Gasteiger partial charge on any atom is -0.417 e. The molecule has 1 unspecified atom stereocenters. The molecule has 9 nitrogen and oxygen atoms in total. The van der Waals surface area contributed by atoms with Crippen molar-refractivity contribution < 1.29 is 45.1 Å². The van der Waals surface area contributed by atoms with E-state index in [-0.39, 0.29) is 24.3 Å². The van der Waals surface area contributed by atoms with E-state index in [1.54, 1.807) is 6.07 Å². The van der Waals surface area contributed by atoms with Crippen LogP contribution >= 0.6 is 0 Å².